The summed E-state index contributed by atoms with van der Waals surface area (Å²) in [5.41, 5.74) is 1.86. The van der Waals surface area contributed by atoms with E-state index in [-0.39, 0.29) is 11.4 Å². The van der Waals surface area contributed by atoms with E-state index in [2.05, 4.69) is 10.3 Å². The molecule has 1 aliphatic carbocycles. The van der Waals surface area contributed by atoms with Crippen molar-refractivity contribution in [3.05, 3.63) is 59.5 Å². The molecule has 4 rings (SSSR count). The lowest BCUT2D eigenvalue weighted by molar-refractivity contribution is -0.192. The van der Waals surface area contributed by atoms with Crippen LogP contribution in [0.5, 0.6) is 5.88 Å². The van der Waals surface area contributed by atoms with E-state index in [1.54, 1.807) is 6.07 Å². The Morgan fingerprint density at radius 3 is 2.54 bits per heavy atom. The number of nitrogens with zero attached hydrogens (tertiary/aromatic N) is 1. The van der Waals surface area contributed by atoms with Crippen LogP contribution < -0.4 is 10.1 Å². The second-order valence-electron chi connectivity index (χ2n) is 6.67. The average Bonchev–Trinajstić information content (AvgIpc) is 3.22. The summed E-state index contributed by atoms with van der Waals surface area (Å²) in [6, 6.07) is 11.5. The molecule has 5 nitrogen and oxygen atoms in total. The number of nitrogens with one attached hydrogen (secondary N) is 1. The third kappa shape index (κ3) is 4.41. The van der Waals surface area contributed by atoms with Crippen LogP contribution in [-0.4, -0.2) is 28.8 Å². The SMILES string of the molecule is Fc1cnc(OCc2ccccc2)c(C23CC2CCN3)c1.O=C(O)C(F)(F)F. The Kier molecular flexibility index (Phi) is 5.55. The van der Waals surface area contributed by atoms with Crippen LogP contribution in [0.15, 0.2) is 42.6 Å². The van der Waals surface area contributed by atoms with Crippen LogP contribution in [0.3, 0.4) is 0 Å². The number of pyridine rings is 1. The van der Waals surface area contributed by atoms with Gasteiger partial charge in [0.2, 0.25) is 5.88 Å². The van der Waals surface area contributed by atoms with E-state index in [4.69, 9.17) is 14.6 Å². The van der Waals surface area contributed by atoms with Gasteiger partial charge in [0.25, 0.3) is 0 Å². The first kappa shape index (κ1) is 20.1. The standard InChI is InChI=1S/C17H17FN2O.C2HF3O2/c18-14-8-15(17-9-13(17)6-7-20-17)16(19-10-14)21-11-12-4-2-1-3-5-12;3-2(4,5)1(6)7/h1-5,8,10,13,20H,6-7,9,11H2;(H,6,7). The molecule has 2 atom stereocenters. The third-order valence-electron chi connectivity index (χ3n) is 4.80. The molecular formula is C19H18F4N2O3. The number of carboxylic acids is 1. The van der Waals surface area contributed by atoms with E-state index in [0.29, 0.717) is 18.4 Å². The number of piperidine rings is 1. The van der Waals surface area contributed by atoms with Crippen molar-refractivity contribution in [3.63, 3.8) is 0 Å². The van der Waals surface area contributed by atoms with E-state index in [0.717, 1.165) is 30.5 Å². The largest absolute Gasteiger partial charge is 0.490 e. The lowest BCUT2D eigenvalue weighted by Crippen LogP contribution is -2.26. The van der Waals surface area contributed by atoms with E-state index in [1.165, 1.54) is 6.20 Å². The number of carboxylic acid groups (broad SMARTS) is 1. The van der Waals surface area contributed by atoms with Gasteiger partial charge in [0.05, 0.1) is 11.7 Å². The van der Waals surface area contributed by atoms with Crippen LogP contribution in [0, 0.1) is 11.7 Å². The summed E-state index contributed by atoms with van der Waals surface area (Å²) in [5.74, 6) is -1.91. The van der Waals surface area contributed by atoms with Gasteiger partial charge in [0.15, 0.2) is 0 Å². The normalized spacial score (nSPS) is 22.6. The van der Waals surface area contributed by atoms with Gasteiger partial charge < -0.3 is 15.2 Å². The van der Waals surface area contributed by atoms with Gasteiger partial charge in [-0.05, 0) is 36.9 Å². The number of ether oxygens (including phenoxy) is 1. The highest BCUT2D eigenvalue weighted by Crippen LogP contribution is 2.58. The van der Waals surface area contributed by atoms with Crippen molar-refractivity contribution in [2.24, 2.45) is 5.92 Å². The summed E-state index contributed by atoms with van der Waals surface area (Å²) < 4.78 is 51.2. The lowest BCUT2D eigenvalue weighted by atomic mass is 10.1. The van der Waals surface area contributed by atoms with E-state index < -0.39 is 12.1 Å². The highest BCUT2D eigenvalue weighted by Gasteiger charge is 2.59. The van der Waals surface area contributed by atoms with Crippen LogP contribution in [-0.2, 0) is 16.9 Å². The predicted octanol–water partition coefficient (Wildman–Crippen LogP) is 3.64. The zero-order valence-corrected chi connectivity index (χ0v) is 14.7. The maximum atomic E-state index is 13.6. The molecule has 2 aromatic rings. The molecule has 28 heavy (non-hydrogen) atoms. The third-order valence-corrected chi connectivity index (χ3v) is 4.80. The fraction of sp³-hybridized carbons (Fsp3) is 0.368. The van der Waals surface area contributed by atoms with Crippen molar-refractivity contribution in [1.29, 1.82) is 0 Å². The number of aliphatic carboxylic acids is 1. The molecule has 2 N–H and O–H groups in total. The minimum Gasteiger partial charge on any atom is -0.475 e. The Labute approximate surface area is 158 Å². The van der Waals surface area contributed by atoms with E-state index >= 15 is 0 Å². The monoisotopic (exact) mass is 398 g/mol. The Hall–Kier alpha value is -2.68. The number of hydrogen-bond donors (Lipinski definition) is 2. The molecule has 1 saturated heterocycles. The van der Waals surface area contributed by atoms with Crippen molar-refractivity contribution < 1.29 is 32.2 Å². The first-order valence-electron chi connectivity index (χ1n) is 8.60. The van der Waals surface area contributed by atoms with Crippen molar-refractivity contribution in [2.75, 3.05) is 6.54 Å². The molecule has 1 aromatic carbocycles. The highest BCUT2D eigenvalue weighted by molar-refractivity contribution is 5.73. The van der Waals surface area contributed by atoms with Crippen LogP contribution in [0.1, 0.15) is 24.0 Å². The summed E-state index contributed by atoms with van der Waals surface area (Å²) in [5, 5.41) is 10.6. The smallest absolute Gasteiger partial charge is 0.475 e. The van der Waals surface area contributed by atoms with Gasteiger partial charge >= 0.3 is 12.1 Å². The lowest BCUT2D eigenvalue weighted by Gasteiger charge is -2.18. The minimum atomic E-state index is -5.08. The number of carbonyl (C=O) groups is 1. The van der Waals surface area contributed by atoms with Gasteiger partial charge in [-0.15, -0.1) is 0 Å². The number of benzene rings is 1. The molecular weight excluding hydrogens is 380 g/mol. The fourth-order valence-electron chi connectivity index (χ4n) is 3.38. The molecule has 0 bridgehead atoms. The number of aromatic nitrogens is 1. The van der Waals surface area contributed by atoms with Gasteiger partial charge in [-0.3, -0.25) is 0 Å². The molecule has 1 aliphatic heterocycles. The zero-order valence-electron chi connectivity index (χ0n) is 14.7. The fourth-order valence-corrected chi connectivity index (χ4v) is 3.38. The van der Waals surface area contributed by atoms with E-state index in [9.17, 15) is 17.6 Å². The molecule has 0 spiro atoms. The molecule has 150 valence electrons. The molecule has 2 fully saturated rings. The van der Waals surface area contributed by atoms with Crippen molar-refractivity contribution in [1.82, 2.24) is 10.3 Å². The average molecular weight is 398 g/mol. The van der Waals surface area contributed by atoms with E-state index in [1.807, 2.05) is 30.3 Å². The number of rotatable bonds is 4. The topological polar surface area (TPSA) is 71.5 Å². The summed E-state index contributed by atoms with van der Waals surface area (Å²) >= 11 is 0. The maximum absolute atomic E-state index is 13.6. The molecule has 2 unspecified atom stereocenters. The second kappa shape index (κ2) is 7.75. The quantitative estimate of drug-likeness (QED) is 0.770. The Bertz CT molecular complexity index is 845. The Morgan fingerprint density at radius 2 is 2.00 bits per heavy atom. The van der Waals surface area contributed by atoms with Crippen molar-refractivity contribution in [2.45, 2.75) is 31.2 Å². The number of fused-ring (bicyclic) bond motifs is 1. The zero-order chi connectivity index (χ0) is 20.4. The Balaban J connectivity index is 0.000000279. The molecule has 0 radical (unpaired) electrons. The predicted molar refractivity (Wildman–Crippen MR) is 91.1 cm³/mol. The van der Waals surface area contributed by atoms with Crippen LogP contribution in [0.25, 0.3) is 0 Å². The molecule has 2 heterocycles. The van der Waals surface area contributed by atoms with Gasteiger partial charge in [-0.2, -0.15) is 13.2 Å². The molecule has 1 saturated carbocycles. The Morgan fingerprint density at radius 1 is 1.32 bits per heavy atom. The van der Waals surface area contributed by atoms with Gasteiger partial charge in [-0.25, -0.2) is 14.2 Å². The first-order chi connectivity index (χ1) is 13.2. The second-order valence-corrected chi connectivity index (χ2v) is 6.67. The highest BCUT2D eigenvalue weighted by atomic mass is 19.4. The van der Waals surface area contributed by atoms with Gasteiger partial charge in [-0.1, -0.05) is 30.3 Å². The molecule has 1 aromatic heterocycles. The summed E-state index contributed by atoms with van der Waals surface area (Å²) in [7, 11) is 0. The van der Waals surface area contributed by atoms with Gasteiger partial charge in [0.1, 0.15) is 12.4 Å². The number of alkyl halides is 3. The maximum Gasteiger partial charge on any atom is 0.490 e. The van der Waals surface area contributed by atoms with Crippen LogP contribution >= 0.6 is 0 Å². The van der Waals surface area contributed by atoms with Crippen LogP contribution in [0.2, 0.25) is 0 Å². The summed E-state index contributed by atoms with van der Waals surface area (Å²) in [6.45, 7) is 1.44. The molecule has 0 amide bonds. The number of halogens is 4. The summed E-state index contributed by atoms with van der Waals surface area (Å²) in [6.07, 6.45) is -1.65. The first-order valence-corrected chi connectivity index (χ1v) is 8.60. The molecule has 9 heteroatoms. The van der Waals surface area contributed by atoms with Gasteiger partial charge in [0, 0.05) is 5.56 Å². The summed E-state index contributed by atoms with van der Waals surface area (Å²) in [4.78, 5) is 13.1. The van der Waals surface area contributed by atoms with Crippen molar-refractivity contribution in [3.8, 4) is 5.88 Å². The molecule has 2 aliphatic rings. The minimum absolute atomic E-state index is 0.0961. The number of hydrogen-bond acceptors (Lipinski definition) is 4. The van der Waals surface area contributed by atoms with Crippen molar-refractivity contribution >= 4 is 5.97 Å². The van der Waals surface area contributed by atoms with Crippen LogP contribution in [0.4, 0.5) is 17.6 Å².